The molecule has 4 heteroatoms. The van der Waals surface area contributed by atoms with Crippen molar-refractivity contribution in [1.29, 1.82) is 0 Å². The Bertz CT molecular complexity index is 588. The third-order valence-electron chi connectivity index (χ3n) is 3.81. The Morgan fingerprint density at radius 1 is 0.731 bits per heavy atom. The zero-order chi connectivity index (χ0) is 20.1. The van der Waals surface area contributed by atoms with Crippen LogP contribution in [0.4, 0.5) is 0 Å². The maximum atomic E-state index is 12.7. The highest BCUT2D eigenvalue weighted by Crippen LogP contribution is 2.23. The second-order valence-electron chi connectivity index (χ2n) is 9.15. The molecule has 0 atom stereocenters. The number of hydrogen-bond donors (Lipinski definition) is 0. The van der Waals surface area contributed by atoms with Gasteiger partial charge in [0.25, 0.3) is 0 Å². The Balaban J connectivity index is 3.23. The summed E-state index contributed by atoms with van der Waals surface area (Å²) in [5.74, 6) is -0.944. The Morgan fingerprint density at radius 3 is 1.27 bits per heavy atom. The Morgan fingerprint density at radius 2 is 1.04 bits per heavy atom. The molecule has 0 aliphatic heterocycles. The van der Waals surface area contributed by atoms with E-state index in [-0.39, 0.29) is 10.8 Å². The monoisotopic (exact) mass is 362 g/mol. The van der Waals surface area contributed by atoms with Gasteiger partial charge in [-0.3, -0.25) is 0 Å². The van der Waals surface area contributed by atoms with Gasteiger partial charge in [0.15, 0.2) is 0 Å². The number of ether oxygens (including phenoxy) is 2. The maximum Gasteiger partial charge on any atom is 0.339 e. The van der Waals surface area contributed by atoms with Crippen LogP contribution < -0.4 is 0 Å². The van der Waals surface area contributed by atoms with Crippen LogP contribution in [0.2, 0.25) is 0 Å². The Labute approximate surface area is 158 Å². The fourth-order valence-electron chi connectivity index (χ4n) is 2.40. The average Bonchev–Trinajstić information content (AvgIpc) is 2.54. The minimum absolute atomic E-state index is 0.139. The van der Waals surface area contributed by atoms with E-state index in [1.807, 2.05) is 55.4 Å². The summed E-state index contributed by atoms with van der Waals surface area (Å²) < 4.78 is 10.9. The molecule has 0 radical (unpaired) electrons. The Hall–Kier alpha value is -1.84. The van der Waals surface area contributed by atoms with E-state index in [0.717, 1.165) is 24.0 Å². The van der Waals surface area contributed by atoms with Crippen LogP contribution in [-0.2, 0) is 22.3 Å². The number of esters is 2. The van der Waals surface area contributed by atoms with E-state index in [2.05, 4.69) is 0 Å². The molecular formula is C22H34O4. The first-order valence-electron chi connectivity index (χ1n) is 9.38. The molecule has 1 aromatic rings. The molecule has 0 saturated carbocycles. The van der Waals surface area contributed by atoms with E-state index >= 15 is 0 Å². The predicted octanol–water partition coefficient (Wildman–Crippen LogP) is 5.22. The van der Waals surface area contributed by atoms with Crippen molar-refractivity contribution in [3.05, 3.63) is 34.4 Å². The molecule has 26 heavy (non-hydrogen) atoms. The molecule has 1 aromatic carbocycles. The van der Waals surface area contributed by atoms with Gasteiger partial charge in [-0.1, -0.05) is 55.4 Å². The number of aryl methyl sites for hydroxylation is 2. The van der Waals surface area contributed by atoms with Crippen LogP contribution in [0.5, 0.6) is 0 Å². The first kappa shape index (κ1) is 22.2. The van der Waals surface area contributed by atoms with Crippen molar-refractivity contribution >= 4 is 11.9 Å². The van der Waals surface area contributed by atoms with Gasteiger partial charge in [0, 0.05) is 0 Å². The van der Waals surface area contributed by atoms with Gasteiger partial charge in [-0.15, -0.1) is 0 Å². The number of carbonyl (C=O) groups is 2. The molecule has 0 aliphatic carbocycles. The quantitative estimate of drug-likeness (QED) is 0.651. The van der Waals surface area contributed by atoms with Crippen molar-refractivity contribution < 1.29 is 19.1 Å². The second-order valence-corrected chi connectivity index (χ2v) is 9.15. The molecular weight excluding hydrogens is 328 g/mol. The van der Waals surface area contributed by atoms with Gasteiger partial charge in [-0.25, -0.2) is 9.59 Å². The topological polar surface area (TPSA) is 52.6 Å². The number of rotatable bonds is 6. The van der Waals surface area contributed by atoms with Crippen molar-refractivity contribution in [2.75, 3.05) is 13.2 Å². The highest BCUT2D eigenvalue weighted by Gasteiger charge is 2.24. The van der Waals surface area contributed by atoms with E-state index in [4.69, 9.17) is 9.47 Å². The van der Waals surface area contributed by atoms with Crippen molar-refractivity contribution in [2.24, 2.45) is 10.8 Å². The standard InChI is InChI=1S/C22H34O4/c1-9-15-11-17(19(23)25-13-21(3,4)5)18(12-16(15)10-2)20(24)26-14-22(6,7)8/h11-12H,9-10,13-14H2,1-8H3. The van der Waals surface area contributed by atoms with Crippen molar-refractivity contribution in [3.8, 4) is 0 Å². The fraction of sp³-hybridized carbons (Fsp3) is 0.636. The summed E-state index contributed by atoms with van der Waals surface area (Å²) in [6.45, 7) is 16.6. The lowest BCUT2D eigenvalue weighted by atomic mass is 9.94. The minimum Gasteiger partial charge on any atom is -0.462 e. The van der Waals surface area contributed by atoms with Gasteiger partial charge in [0.1, 0.15) is 0 Å². The summed E-state index contributed by atoms with van der Waals surface area (Å²) in [7, 11) is 0. The largest absolute Gasteiger partial charge is 0.462 e. The smallest absolute Gasteiger partial charge is 0.339 e. The van der Waals surface area contributed by atoms with Crippen LogP contribution in [-0.4, -0.2) is 25.2 Å². The van der Waals surface area contributed by atoms with Crippen LogP contribution in [0.25, 0.3) is 0 Å². The lowest BCUT2D eigenvalue weighted by Gasteiger charge is -2.21. The maximum absolute atomic E-state index is 12.7. The average molecular weight is 363 g/mol. The van der Waals surface area contributed by atoms with E-state index in [1.54, 1.807) is 12.1 Å². The summed E-state index contributed by atoms with van der Waals surface area (Å²) in [4.78, 5) is 25.3. The molecule has 0 bridgehead atoms. The van der Waals surface area contributed by atoms with Gasteiger partial charge in [-0.05, 0) is 46.9 Å². The highest BCUT2D eigenvalue weighted by atomic mass is 16.5. The molecule has 0 heterocycles. The lowest BCUT2D eigenvalue weighted by Crippen LogP contribution is -2.23. The van der Waals surface area contributed by atoms with Gasteiger partial charge in [0.05, 0.1) is 24.3 Å². The molecule has 1 rings (SSSR count). The number of hydrogen-bond acceptors (Lipinski definition) is 4. The van der Waals surface area contributed by atoms with Crippen molar-refractivity contribution in [3.63, 3.8) is 0 Å². The molecule has 0 fully saturated rings. The van der Waals surface area contributed by atoms with Gasteiger partial charge in [-0.2, -0.15) is 0 Å². The lowest BCUT2D eigenvalue weighted by molar-refractivity contribution is 0.0322. The zero-order valence-electron chi connectivity index (χ0n) is 17.6. The van der Waals surface area contributed by atoms with Crippen LogP contribution in [0.1, 0.15) is 87.2 Å². The normalized spacial score (nSPS) is 12.0. The summed E-state index contributed by atoms with van der Waals surface area (Å²) in [5, 5.41) is 0. The van der Waals surface area contributed by atoms with Crippen molar-refractivity contribution in [2.45, 2.75) is 68.2 Å². The predicted molar refractivity (Wildman–Crippen MR) is 105 cm³/mol. The molecule has 0 aliphatic rings. The van der Waals surface area contributed by atoms with Crippen LogP contribution >= 0.6 is 0 Å². The molecule has 4 nitrogen and oxygen atoms in total. The van der Waals surface area contributed by atoms with E-state index in [1.165, 1.54) is 0 Å². The molecule has 0 amide bonds. The van der Waals surface area contributed by atoms with E-state index < -0.39 is 11.9 Å². The van der Waals surface area contributed by atoms with Crippen LogP contribution in [0, 0.1) is 10.8 Å². The summed E-state index contributed by atoms with van der Waals surface area (Å²) in [6.07, 6.45) is 1.58. The van der Waals surface area contributed by atoms with E-state index in [9.17, 15) is 9.59 Å². The van der Waals surface area contributed by atoms with Crippen molar-refractivity contribution in [1.82, 2.24) is 0 Å². The van der Waals surface area contributed by atoms with Crippen LogP contribution in [0.15, 0.2) is 12.1 Å². The summed E-state index contributed by atoms with van der Waals surface area (Å²) >= 11 is 0. The molecule has 146 valence electrons. The molecule has 0 aromatic heterocycles. The SMILES string of the molecule is CCc1cc(C(=O)OCC(C)(C)C)c(C(=O)OCC(C)(C)C)cc1CC. The Kier molecular flexibility index (Phi) is 7.43. The zero-order valence-corrected chi connectivity index (χ0v) is 17.6. The summed E-state index contributed by atoms with van der Waals surface area (Å²) in [5.41, 5.74) is 2.42. The van der Waals surface area contributed by atoms with Gasteiger partial charge >= 0.3 is 11.9 Å². The number of carbonyl (C=O) groups excluding carboxylic acids is 2. The second kappa shape index (κ2) is 8.70. The van der Waals surface area contributed by atoms with Gasteiger partial charge in [0.2, 0.25) is 0 Å². The molecule has 0 saturated heterocycles. The third kappa shape index (κ3) is 6.81. The molecule has 0 N–H and O–H groups in total. The number of benzene rings is 1. The van der Waals surface area contributed by atoms with Gasteiger partial charge < -0.3 is 9.47 Å². The fourth-order valence-corrected chi connectivity index (χ4v) is 2.40. The minimum atomic E-state index is -0.472. The first-order valence-corrected chi connectivity index (χ1v) is 9.38. The first-order chi connectivity index (χ1) is 11.9. The van der Waals surface area contributed by atoms with Crippen LogP contribution in [0.3, 0.4) is 0 Å². The van der Waals surface area contributed by atoms with E-state index in [0.29, 0.717) is 24.3 Å². The third-order valence-corrected chi connectivity index (χ3v) is 3.81. The molecule has 0 unspecified atom stereocenters. The molecule has 0 spiro atoms. The highest BCUT2D eigenvalue weighted by molar-refractivity contribution is 6.03. The summed E-state index contributed by atoms with van der Waals surface area (Å²) in [6, 6.07) is 3.58.